The quantitative estimate of drug-likeness (QED) is 0.877. The van der Waals surface area contributed by atoms with Crippen molar-refractivity contribution in [3.05, 3.63) is 17.6 Å². The zero-order chi connectivity index (χ0) is 14.9. The lowest BCUT2D eigenvalue weighted by molar-refractivity contribution is 0.0915. The van der Waals surface area contributed by atoms with Crippen LogP contribution in [0.1, 0.15) is 42.5 Å². The number of amides is 1. The van der Waals surface area contributed by atoms with Gasteiger partial charge in [0.15, 0.2) is 5.76 Å². The maximum Gasteiger partial charge on any atom is 0.287 e. The van der Waals surface area contributed by atoms with Crippen LogP contribution in [0, 0.1) is 18.8 Å². The van der Waals surface area contributed by atoms with Crippen molar-refractivity contribution in [2.24, 2.45) is 17.0 Å². The highest BCUT2D eigenvalue weighted by Gasteiger charge is 2.25. The zero-order valence-corrected chi connectivity index (χ0v) is 12.5. The van der Waals surface area contributed by atoms with Crippen molar-refractivity contribution >= 4 is 15.9 Å². The average Bonchev–Trinajstić information content (AvgIpc) is 2.92. The van der Waals surface area contributed by atoms with Crippen LogP contribution in [0.25, 0.3) is 0 Å². The van der Waals surface area contributed by atoms with Gasteiger partial charge in [-0.3, -0.25) is 4.79 Å². The van der Waals surface area contributed by atoms with Crippen LogP contribution in [0.2, 0.25) is 0 Å². The van der Waals surface area contributed by atoms with Crippen molar-refractivity contribution in [2.45, 2.75) is 38.0 Å². The lowest BCUT2D eigenvalue weighted by Gasteiger charge is -2.15. The number of hydrogen-bond acceptors (Lipinski definition) is 4. The maximum atomic E-state index is 12.0. The van der Waals surface area contributed by atoms with Gasteiger partial charge in [0.2, 0.25) is 10.0 Å². The first-order chi connectivity index (χ1) is 9.29. The van der Waals surface area contributed by atoms with Crippen molar-refractivity contribution < 1.29 is 17.6 Å². The van der Waals surface area contributed by atoms with Gasteiger partial charge in [0.05, 0.1) is 0 Å². The second kappa shape index (κ2) is 5.57. The maximum absolute atomic E-state index is 12.0. The standard InChI is InChI=1S/C13H20N2O4S/c1-8-4-3-5-10(8)7-15-13(16)11-6-12(9(2)19-11)20(14,17)18/h6,8,10H,3-5,7H2,1-2H3,(H,15,16)(H2,14,17,18). The van der Waals surface area contributed by atoms with Crippen LogP contribution in [-0.2, 0) is 10.0 Å². The van der Waals surface area contributed by atoms with Crippen molar-refractivity contribution in [2.75, 3.05) is 6.54 Å². The average molecular weight is 300 g/mol. The molecule has 1 aromatic heterocycles. The first-order valence-electron chi connectivity index (χ1n) is 6.70. The molecule has 112 valence electrons. The molecule has 1 fully saturated rings. The highest BCUT2D eigenvalue weighted by molar-refractivity contribution is 7.89. The van der Waals surface area contributed by atoms with Gasteiger partial charge < -0.3 is 9.73 Å². The van der Waals surface area contributed by atoms with Gasteiger partial charge in [0, 0.05) is 12.6 Å². The Morgan fingerprint density at radius 2 is 2.20 bits per heavy atom. The molecule has 0 saturated heterocycles. The largest absolute Gasteiger partial charge is 0.455 e. The first kappa shape index (κ1) is 15.1. The molecule has 3 N–H and O–H groups in total. The molecule has 2 unspecified atom stereocenters. The fourth-order valence-corrected chi connectivity index (χ4v) is 3.41. The van der Waals surface area contributed by atoms with Gasteiger partial charge >= 0.3 is 0 Å². The van der Waals surface area contributed by atoms with Gasteiger partial charge in [-0.2, -0.15) is 0 Å². The molecule has 1 aliphatic carbocycles. The molecule has 7 heteroatoms. The number of nitrogens with one attached hydrogen (secondary N) is 1. The third kappa shape index (κ3) is 3.21. The van der Waals surface area contributed by atoms with Gasteiger partial charge in [-0.1, -0.05) is 19.8 Å². The predicted molar refractivity (Wildman–Crippen MR) is 73.7 cm³/mol. The van der Waals surface area contributed by atoms with E-state index < -0.39 is 15.9 Å². The van der Waals surface area contributed by atoms with Crippen LogP contribution in [0.5, 0.6) is 0 Å². The Bertz CT molecular complexity index is 606. The third-order valence-electron chi connectivity index (χ3n) is 3.97. The Kier molecular flexibility index (Phi) is 4.19. The number of carbonyl (C=O) groups excluding carboxylic acids is 1. The summed E-state index contributed by atoms with van der Waals surface area (Å²) in [4.78, 5) is 11.8. The Hall–Kier alpha value is -1.34. The molecule has 2 rings (SSSR count). The molecule has 1 saturated carbocycles. The van der Waals surface area contributed by atoms with Gasteiger partial charge in [-0.05, 0) is 25.2 Å². The summed E-state index contributed by atoms with van der Waals surface area (Å²) in [7, 11) is -3.86. The summed E-state index contributed by atoms with van der Waals surface area (Å²) in [5, 5.41) is 7.84. The fraction of sp³-hybridized carbons (Fsp3) is 0.615. The summed E-state index contributed by atoms with van der Waals surface area (Å²) in [6.07, 6.45) is 3.49. The van der Waals surface area contributed by atoms with Gasteiger partial charge in [0.1, 0.15) is 10.7 Å². The van der Waals surface area contributed by atoms with E-state index in [2.05, 4.69) is 12.2 Å². The summed E-state index contributed by atoms with van der Waals surface area (Å²) in [5.41, 5.74) is 0. The second-order valence-electron chi connectivity index (χ2n) is 5.45. The Morgan fingerprint density at radius 3 is 2.70 bits per heavy atom. The zero-order valence-electron chi connectivity index (χ0n) is 11.7. The SMILES string of the molecule is Cc1oc(C(=O)NCC2CCCC2C)cc1S(N)(=O)=O. The number of sulfonamides is 1. The number of carbonyl (C=O) groups is 1. The van der Waals surface area contributed by atoms with E-state index in [9.17, 15) is 13.2 Å². The van der Waals surface area contributed by atoms with E-state index in [1.54, 1.807) is 0 Å². The smallest absolute Gasteiger partial charge is 0.287 e. The summed E-state index contributed by atoms with van der Waals surface area (Å²) < 4.78 is 27.7. The molecule has 1 heterocycles. The topological polar surface area (TPSA) is 102 Å². The normalized spacial score (nSPS) is 22.9. The molecule has 2 atom stereocenters. The van der Waals surface area contributed by atoms with Crippen LogP contribution in [0.3, 0.4) is 0 Å². The number of primary sulfonamides is 1. The van der Waals surface area contributed by atoms with Crippen LogP contribution >= 0.6 is 0 Å². The van der Waals surface area contributed by atoms with E-state index in [-0.39, 0.29) is 16.4 Å². The van der Waals surface area contributed by atoms with E-state index in [1.165, 1.54) is 25.8 Å². The number of furan rings is 1. The molecule has 0 aliphatic heterocycles. The minimum Gasteiger partial charge on any atom is -0.455 e. The summed E-state index contributed by atoms with van der Waals surface area (Å²) in [5.74, 6) is 0.799. The molecule has 20 heavy (non-hydrogen) atoms. The summed E-state index contributed by atoms with van der Waals surface area (Å²) in [6, 6.07) is 1.18. The van der Waals surface area contributed by atoms with Crippen LogP contribution in [0.15, 0.2) is 15.4 Å². The Morgan fingerprint density at radius 1 is 1.50 bits per heavy atom. The number of nitrogens with two attached hydrogens (primary N) is 1. The highest BCUT2D eigenvalue weighted by atomic mass is 32.2. The van der Waals surface area contributed by atoms with Crippen molar-refractivity contribution in [3.63, 3.8) is 0 Å². The second-order valence-corrected chi connectivity index (χ2v) is 6.98. The predicted octanol–water partition coefficient (Wildman–Crippen LogP) is 1.40. The van der Waals surface area contributed by atoms with E-state index in [4.69, 9.17) is 9.56 Å². The molecular weight excluding hydrogens is 280 g/mol. The number of aryl methyl sites for hydroxylation is 1. The molecule has 1 amide bonds. The number of hydrogen-bond donors (Lipinski definition) is 2. The minimum absolute atomic E-state index is 0.0165. The van der Waals surface area contributed by atoms with Crippen molar-refractivity contribution in [3.8, 4) is 0 Å². The van der Waals surface area contributed by atoms with E-state index in [0.717, 1.165) is 6.42 Å². The summed E-state index contributed by atoms with van der Waals surface area (Å²) in [6.45, 7) is 4.24. The summed E-state index contributed by atoms with van der Waals surface area (Å²) >= 11 is 0. The van der Waals surface area contributed by atoms with Gasteiger partial charge in [-0.15, -0.1) is 0 Å². The van der Waals surface area contributed by atoms with E-state index in [1.807, 2.05) is 0 Å². The van der Waals surface area contributed by atoms with Gasteiger partial charge in [0.25, 0.3) is 5.91 Å². The molecule has 0 spiro atoms. The van der Waals surface area contributed by atoms with Crippen LogP contribution in [-0.4, -0.2) is 20.9 Å². The molecule has 1 aliphatic rings. The van der Waals surface area contributed by atoms with Crippen LogP contribution in [0.4, 0.5) is 0 Å². The third-order valence-corrected chi connectivity index (χ3v) is 4.98. The molecule has 0 bridgehead atoms. The molecule has 6 nitrogen and oxygen atoms in total. The molecule has 0 aromatic carbocycles. The monoisotopic (exact) mass is 300 g/mol. The lowest BCUT2D eigenvalue weighted by Crippen LogP contribution is -2.30. The van der Waals surface area contributed by atoms with Crippen LogP contribution < -0.4 is 10.5 Å². The van der Waals surface area contributed by atoms with Crippen molar-refractivity contribution in [1.82, 2.24) is 5.32 Å². The fourth-order valence-electron chi connectivity index (χ4n) is 2.70. The lowest BCUT2D eigenvalue weighted by atomic mass is 9.98. The van der Waals surface area contributed by atoms with Crippen molar-refractivity contribution in [1.29, 1.82) is 0 Å². The minimum atomic E-state index is -3.86. The highest BCUT2D eigenvalue weighted by Crippen LogP contribution is 2.30. The number of rotatable bonds is 4. The van der Waals surface area contributed by atoms with E-state index in [0.29, 0.717) is 18.4 Å². The Labute approximate surface area is 118 Å². The molecule has 0 radical (unpaired) electrons. The molecule has 1 aromatic rings. The Balaban J connectivity index is 2.03. The molecular formula is C13H20N2O4S. The van der Waals surface area contributed by atoms with Gasteiger partial charge in [-0.25, -0.2) is 13.6 Å². The van der Waals surface area contributed by atoms with E-state index >= 15 is 0 Å². The first-order valence-corrected chi connectivity index (χ1v) is 8.25.